The zero-order valence-corrected chi connectivity index (χ0v) is 44.0. The maximum Gasteiger partial charge on any atom is 0.306 e. The molecule has 0 bridgehead atoms. The lowest BCUT2D eigenvalue weighted by atomic mass is 10.0. The third kappa shape index (κ3) is 53.0. The van der Waals surface area contributed by atoms with Crippen LogP contribution in [0.25, 0.3) is 0 Å². The predicted molar refractivity (Wildman–Crippen MR) is 280 cm³/mol. The van der Waals surface area contributed by atoms with E-state index < -0.39 is 6.10 Å². The molecular formula is C59H112O6. The normalized spacial score (nSPS) is 12.0. The van der Waals surface area contributed by atoms with Gasteiger partial charge in [0.15, 0.2) is 6.10 Å². The molecule has 0 heterocycles. The topological polar surface area (TPSA) is 78.9 Å². The lowest BCUT2D eigenvalue weighted by molar-refractivity contribution is -0.167. The standard InChI is InChI=1S/C59H112O6/c1-4-7-10-13-16-19-22-25-27-29-31-32-34-37-40-43-46-49-52-58(61)64-55-56(54-63-57(60)51-48-45-42-39-36-24-21-18-15-12-9-6-3)65-59(62)53-50-47-44-41-38-35-33-30-28-26-23-20-17-14-11-8-5-2/h18,21,56H,4-17,19-20,22-55H2,1-3H3/b21-18-/t56-/m1/s1. The second-order valence-electron chi connectivity index (χ2n) is 19.9. The van der Waals surface area contributed by atoms with E-state index in [1.165, 1.54) is 225 Å². The molecule has 0 radical (unpaired) electrons. The van der Waals surface area contributed by atoms with Crippen molar-refractivity contribution in [3.63, 3.8) is 0 Å². The molecule has 0 fully saturated rings. The number of hydrogen-bond donors (Lipinski definition) is 0. The van der Waals surface area contributed by atoms with Gasteiger partial charge in [0.1, 0.15) is 13.2 Å². The number of rotatable bonds is 54. The van der Waals surface area contributed by atoms with Crippen molar-refractivity contribution >= 4 is 17.9 Å². The van der Waals surface area contributed by atoms with Gasteiger partial charge in [-0.25, -0.2) is 0 Å². The summed E-state index contributed by atoms with van der Waals surface area (Å²) in [6.07, 6.45) is 62.0. The van der Waals surface area contributed by atoms with Gasteiger partial charge in [0.2, 0.25) is 0 Å². The summed E-state index contributed by atoms with van der Waals surface area (Å²) < 4.78 is 16.9. The van der Waals surface area contributed by atoms with Crippen molar-refractivity contribution in [2.45, 2.75) is 335 Å². The second kappa shape index (κ2) is 54.8. The Morgan fingerprint density at radius 3 is 0.800 bits per heavy atom. The summed E-state index contributed by atoms with van der Waals surface area (Å²) in [6, 6.07) is 0. The maximum atomic E-state index is 12.8. The fourth-order valence-electron chi connectivity index (χ4n) is 8.85. The average Bonchev–Trinajstić information content (AvgIpc) is 3.30. The number of esters is 3. The lowest BCUT2D eigenvalue weighted by Crippen LogP contribution is -2.30. The number of unbranched alkanes of at least 4 members (excludes halogenated alkanes) is 41. The Hall–Kier alpha value is -1.85. The van der Waals surface area contributed by atoms with Crippen LogP contribution in [0.4, 0.5) is 0 Å². The zero-order valence-electron chi connectivity index (χ0n) is 44.0. The van der Waals surface area contributed by atoms with Crippen molar-refractivity contribution in [1.82, 2.24) is 0 Å². The van der Waals surface area contributed by atoms with Crippen molar-refractivity contribution in [1.29, 1.82) is 0 Å². The Morgan fingerprint density at radius 1 is 0.292 bits per heavy atom. The van der Waals surface area contributed by atoms with Crippen molar-refractivity contribution in [3.05, 3.63) is 12.2 Å². The molecule has 65 heavy (non-hydrogen) atoms. The highest BCUT2D eigenvalue weighted by Gasteiger charge is 2.19. The summed E-state index contributed by atoms with van der Waals surface area (Å²) in [5.41, 5.74) is 0. The number of ether oxygens (including phenoxy) is 3. The van der Waals surface area contributed by atoms with Gasteiger partial charge in [-0.05, 0) is 44.9 Å². The molecule has 0 spiro atoms. The third-order valence-corrected chi connectivity index (χ3v) is 13.3. The molecule has 0 saturated carbocycles. The molecule has 0 aromatic heterocycles. The van der Waals surface area contributed by atoms with Crippen molar-refractivity contribution in [2.24, 2.45) is 0 Å². The molecular weight excluding hydrogens is 805 g/mol. The zero-order chi connectivity index (χ0) is 47.2. The first-order valence-corrected chi connectivity index (χ1v) is 29.2. The highest BCUT2D eigenvalue weighted by atomic mass is 16.6. The van der Waals surface area contributed by atoms with Gasteiger partial charge in [0.05, 0.1) is 0 Å². The molecule has 384 valence electrons. The van der Waals surface area contributed by atoms with Crippen molar-refractivity contribution in [2.75, 3.05) is 13.2 Å². The van der Waals surface area contributed by atoms with Gasteiger partial charge in [-0.3, -0.25) is 14.4 Å². The van der Waals surface area contributed by atoms with Gasteiger partial charge in [0.25, 0.3) is 0 Å². The number of allylic oxidation sites excluding steroid dienone is 2. The van der Waals surface area contributed by atoms with Crippen LogP contribution in [0, 0.1) is 0 Å². The number of hydrogen-bond acceptors (Lipinski definition) is 6. The molecule has 6 nitrogen and oxygen atoms in total. The van der Waals surface area contributed by atoms with Crippen LogP contribution in [0.3, 0.4) is 0 Å². The SMILES string of the molecule is CCCCC/C=C\CCCCCCCC(=O)OC[C@H](COC(=O)CCCCCCCCCCCCCCCCCCCC)OC(=O)CCCCCCCCCCCCCCCCCCC. The van der Waals surface area contributed by atoms with E-state index in [4.69, 9.17) is 14.2 Å². The van der Waals surface area contributed by atoms with Gasteiger partial charge in [0, 0.05) is 19.3 Å². The van der Waals surface area contributed by atoms with E-state index in [0.717, 1.165) is 64.2 Å². The number of carbonyl (C=O) groups excluding carboxylic acids is 3. The Bertz CT molecular complexity index is 1010. The Morgan fingerprint density at radius 2 is 0.508 bits per heavy atom. The van der Waals surface area contributed by atoms with Gasteiger partial charge >= 0.3 is 17.9 Å². The predicted octanol–water partition coefficient (Wildman–Crippen LogP) is 19.3. The number of carbonyl (C=O) groups is 3. The average molecular weight is 918 g/mol. The van der Waals surface area contributed by atoms with Gasteiger partial charge in [-0.1, -0.05) is 277 Å². The van der Waals surface area contributed by atoms with Gasteiger partial charge in [-0.2, -0.15) is 0 Å². The van der Waals surface area contributed by atoms with Crippen LogP contribution < -0.4 is 0 Å². The van der Waals surface area contributed by atoms with Crippen LogP contribution in [0.15, 0.2) is 12.2 Å². The molecule has 6 heteroatoms. The summed E-state index contributed by atoms with van der Waals surface area (Å²) in [6.45, 7) is 6.67. The first-order valence-electron chi connectivity index (χ1n) is 29.2. The van der Waals surface area contributed by atoms with E-state index >= 15 is 0 Å². The summed E-state index contributed by atoms with van der Waals surface area (Å²) in [5.74, 6) is -0.851. The van der Waals surface area contributed by atoms with Gasteiger partial charge in [-0.15, -0.1) is 0 Å². The van der Waals surface area contributed by atoms with Crippen molar-refractivity contribution in [3.8, 4) is 0 Å². The largest absolute Gasteiger partial charge is 0.462 e. The minimum absolute atomic E-state index is 0.0665. The fraction of sp³-hybridized carbons (Fsp3) is 0.915. The first-order chi connectivity index (χ1) is 32.0. The summed E-state index contributed by atoms with van der Waals surface area (Å²) in [5, 5.41) is 0. The third-order valence-electron chi connectivity index (χ3n) is 13.3. The van der Waals surface area contributed by atoms with Crippen LogP contribution in [-0.4, -0.2) is 37.2 Å². The van der Waals surface area contributed by atoms with Crippen LogP contribution in [0.5, 0.6) is 0 Å². The van der Waals surface area contributed by atoms with Crippen LogP contribution in [0.1, 0.15) is 329 Å². The van der Waals surface area contributed by atoms with Gasteiger partial charge < -0.3 is 14.2 Å². The van der Waals surface area contributed by atoms with E-state index in [9.17, 15) is 14.4 Å². The minimum Gasteiger partial charge on any atom is -0.462 e. The molecule has 0 unspecified atom stereocenters. The lowest BCUT2D eigenvalue weighted by Gasteiger charge is -2.18. The Labute approximate surface area is 405 Å². The molecule has 0 aliphatic rings. The molecule has 0 aromatic carbocycles. The maximum absolute atomic E-state index is 12.8. The molecule has 0 N–H and O–H groups in total. The quantitative estimate of drug-likeness (QED) is 0.0262. The fourth-order valence-corrected chi connectivity index (χ4v) is 8.85. The van der Waals surface area contributed by atoms with E-state index in [-0.39, 0.29) is 31.1 Å². The van der Waals surface area contributed by atoms with E-state index in [1.54, 1.807) is 0 Å². The summed E-state index contributed by atoms with van der Waals surface area (Å²) >= 11 is 0. The van der Waals surface area contributed by atoms with E-state index in [1.807, 2.05) is 0 Å². The van der Waals surface area contributed by atoms with Crippen LogP contribution in [-0.2, 0) is 28.6 Å². The smallest absolute Gasteiger partial charge is 0.306 e. The van der Waals surface area contributed by atoms with Crippen LogP contribution >= 0.6 is 0 Å². The van der Waals surface area contributed by atoms with E-state index in [2.05, 4.69) is 32.9 Å². The highest BCUT2D eigenvalue weighted by molar-refractivity contribution is 5.71. The summed E-state index contributed by atoms with van der Waals surface area (Å²) in [4.78, 5) is 38.1. The van der Waals surface area contributed by atoms with E-state index in [0.29, 0.717) is 19.3 Å². The summed E-state index contributed by atoms with van der Waals surface area (Å²) in [7, 11) is 0. The first kappa shape index (κ1) is 63.1. The molecule has 0 saturated heterocycles. The second-order valence-corrected chi connectivity index (χ2v) is 19.9. The van der Waals surface area contributed by atoms with Crippen molar-refractivity contribution < 1.29 is 28.6 Å². The minimum atomic E-state index is -0.767. The molecule has 0 aliphatic carbocycles. The van der Waals surface area contributed by atoms with Crippen LogP contribution in [0.2, 0.25) is 0 Å². The Kier molecular flexibility index (Phi) is 53.2. The Balaban J connectivity index is 4.28. The molecule has 0 amide bonds. The molecule has 0 rings (SSSR count). The monoisotopic (exact) mass is 917 g/mol. The highest BCUT2D eigenvalue weighted by Crippen LogP contribution is 2.17. The molecule has 1 atom stereocenters. The molecule has 0 aromatic rings. The molecule has 0 aliphatic heterocycles.